The van der Waals surface area contributed by atoms with Gasteiger partial charge in [-0.1, -0.05) is 0 Å². The van der Waals surface area contributed by atoms with E-state index in [9.17, 15) is 8.42 Å². The molecule has 2 aliphatic rings. The summed E-state index contributed by atoms with van der Waals surface area (Å²) in [6.45, 7) is 1.56. The summed E-state index contributed by atoms with van der Waals surface area (Å²) in [5.41, 5.74) is 0. The van der Waals surface area contributed by atoms with E-state index in [0.717, 1.165) is 13.1 Å². The van der Waals surface area contributed by atoms with Crippen LogP contribution in [0.15, 0.2) is 0 Å². The molecule has 0 bridgehead atoms. The van der Waals surface area contributed by atoms with Gasteiger partial charge in [0.2, 0.25) is 0 Å². The van der Waals surface area contributed by atoms with Gasteiger partial charge >= 0.3 is 0 Å². The third-order valence-electron chi connectivity index (χ3n) is 1.74. The smallest absolute Gasteiger partial charge is 0.168 e. The summed E-state index contributed by atoms with van der Waals surface area (Å²) in [5.74, 6) is 0.387. The van der Waals surface area contributed by atoms with Gasteiger partial charge in [0.1, 0.15) is 5.37 Å². The molecule has 0 amide bonds. The minimum atomic E-state index is -2.62. The summed E-state index contributed by atoms with van der Waals surface area (Å²) < 4.78 is 21.5. The fourth-order valence-electron chi connectivity index (χ4n) is 1.11. The van der Waals surface area contributed by atoms with Gasteiger partial charge in [0, 0.05) is 13.1 Å². The van der Waals surface area contributed by atoms with Crippen LogP contribution in [0.3, 0.4) is 0 Å². The predicted molar refractivity (Wildman–Crippen MR) is 34.2 cm³/mol. The van der Waals surface area contributed by atoms with Crippen molar-refractivity contribution in [2.24, 2.45) is 0 Å². The molecule has 2 saturated heterocycles. The summed E-state index contributed by atoms with van der Waals surface area (Å²) >= 11 is 0. The zero-order valence-electron chi connectivity index (χ0n) is 5.08. The maximum atomic E-state index is 10.8. The third kappa shape index (κ3) is 0.849. The normalized spacial score (nSPS) is 43.1. The maximum Gasteiger partial charge on any atom is 0.168 e. The monoisotopic (exact) mass is 150 g/mol. The third-order valence-corrected chi connectivity index (χ3v) is 3.77. The SMILES string of the molecule is N.O=S1(=O)CCN2CC21. The highest BCUT2D eigenvalue weighted by Gasteiger charge is 2.50. The molecule has 0 spiro atoms. The lowest BCUT2D eigenvalue weighted by Crippen LogP contribution is -2.08. The number of rotatable bonds is 0. The Morgan fingerprint density at radius 1 is 1.44 bits per heavy atom. The molecular formula is C4H10N2O2S. The predicted octanol–water partition coefficient (Wildman–Crippen LogP) is -0.781. The van der Waals surface area contributed by atoms with E-state index in [1.54, 1.807) is 0 Å². The lowest BCUT2D eigenvalue weighted by Gasteiger charge is -1.86. The van der Waals surface area contributed by atoms with Crippen molar-refractivity contribution >= 4 is 9.84 Å². The van der Waals surface area contributed by atoms with Crippen LogP contribution in [0.25, 0.3) is 0 Å². The fraction of sp³-hybridized carbons (Fsp3) is 1.00. The highest BCUT2D eigenvalue weighted by atomic mass is 32.2. The van der Waals surface area contributed by atoms with Gasteiger partial charge in [-0.25, -0.2) is 8.42 Å². The average Bonchev–Trinajstić information content (AvgIpc) is 2.34. The Labute approximate surface area is 54.3 Å². The molecule has 2 aliphatic heterocycles. The van der Waals surface area contributed by atoms with Crippen molar-refractivity contribution in [1.82, 2.24) is 11.1 Å². The van der Waals surface area contributed by atoms with Crippen molar-refractivity contribution in [3.63, 3.8) is 0 Å². The Hall–Kier alpha value is -0.130. The van der Waals surface area contributed by atoms with Crippen molar-refractivity contribution in [1.29, 1.82) is 0 Å². The summed E-state index contributed by atoms with van der Waals surface area (Å²) in [6, 6.07) is 0. The maximum absolute atomic E-state index is 10.8. The van der Waals surface area contributed by atoms with Crippen LogP contribution < -0.4 is 6.15 Å². The molecule has 9 heavy (non-hydrogen) atoms. The summed E-state index contributed by atoms with van der Waals surface area (Å²) in [4.78, 5) is 1.97. The van der Waals surface area contributed by atoms with Crippen LogP contribution in [0.2, 0.25) is 0 Å². The molecule has 5 heteroatoms. The zero-order valence-corrected chi connectivity index (χ0v) is 5.89. The van der Waals surface area contributed by atoms with Crippen molar-refractivity contribution in [2.75, 3.05) is 18.8 Å². The van der Waals surface area contributed by atoms with Crippen LogP contribution in [0.4, 0.5) is 0 Å². The molecule has 0 aromatic rings. The average molecular weight is 150 g/mol. The molecule has 0 aliphatic carbocycles. The minimum Gasteiger partial charge on any atom is -0.344 e. The molecule has 0 aromatic carbocycles. The summed E-state index contributed by atoms with van der Waals surface area (Å²) in [5, 5.41) is -0.0671. The minimum absolute atomic E-state index is 0. The van der Waals surface area contributed by atoms with Crippen LogP contribution >= 0.6 is 0 Å². The molecule has 0 saturated carbocycles. The molecule has 2 unspecified atom stereocenters. The molecule has 2 rings (SSSR count). The molecule has 54 valence electrons. The van der Waals surface area contributed by atoms with Gasteiger partial charge in [-0.15, -0.1) is 0 Å². The Morgan fingerprint density at radius 2 is 2.11 bits per heavy atom. The molecular weight excluding hydrogens is 140 g/mol. The molecule has 0 radical (unpaired) electrons. The Balaban J connectivity index is 0.000000405. The summed E-state index contributed by atoms with van der Waals surface area (Å²) in [7, 11) is -2.62. The Morgan fingerprint density at radius 3 is 2.22 bits per heavy atom. The Kier molecular flexibility index (Phi) is 1.30. The molecule has 2 heterocycles. The van der Waals surface area contributed by atoms with Gasteiger partial charge in [0.05, 0.1) is 5.75 Å². The van der Waals surface area contributed by atoms with Gasteiger partial charge in [0.15, 0.2) is 9.84 Å². The number of nitrogens with zero attached hydrogens (tertiary/aromatic N) is 1. The van der Waals surface area contributed by atoms with Gasteiger partial charge < -0.3 is 6.15 Å². The quantitative estimate of drug-likeness (QED) is 0.460. The first kappa shape index (κ1) is 6.98. The first-order valence-electron chi connectivity index (χ1n) is 2.66. The largest absolute Gasteiger partial charge is 0.344 e. The number of sulfone groups is 1. The second kappa shape index (κ2) is 1.68. The number of fused-ring (bicyclic) bond motifs is 1. The number of hydrogen-bond acceptors (Lipinski definition) is 4. The van der Waals surface area contributed by atoms with E-state index in [4.69, 9.17) is 0 Å². The van der Waals surface area contributed by atoms with Crippen LogP contribution in [0.5, 0.6) is 0 Å². The van der Waals surface area contributed by atoms with Gasteiger partial charge in [-0.05, 0) is 0 Å². The van der Waals surface area contributed by atoms with Crippen LogP contribution in [-0.4, -0.2) is 37.5 Å². The topological polar surface area (TPSA) is 72.2 Å². The van der Waals surface area contributed by atoms with Crippen molar-refractivity contribution in [3.05, 3.63) is 0 Å². The first-order chi connectivity index (χ1) is 3.70. The lowest BCUT2D eigenvalue weighted by atomic mass is 10.8. The van der Waals surface area contributed by atoms with Crippen molar-refractivity contribution < 1.29 is 8.42 Å². The number of hydrogen-bond donors (Lipinski definition) is 1. The summed E-state index contributed by atoms with van der Waals surface area (Å²) in [6.07, 6.45) is 0. The van der Waals surface area contributed by atoms with Crippen LogP contribution in [0.1, 0.15) is 0 Å². The van der Waals surface area contributed by atoms with E-state index in [0.29, 0.717) is 5.75 Å². The lowest BCUT2D eigenvalue weighted by molar-refractivity contribution is 0.596. The Bertz CT molecular complexity index is 211. The van der Waals surface area contributed by atoms with E-state index in [2.05, 4.69) is 0 Å². The van der Waals surface area contributed by atoms with E-state index in [-0.39, 0.29) is 11.5 Å². The van der Waals surface area contributed by atoms with E-state index < -0.39 is 9.84 Å². The molecule has 2 fully saturated rings. The second-order valence-corrected chi connectivity index (χ2v) is 4.59. The fourth-order valence-corrected chi connectivity index (χ4v) is 2.85. The highest BCUT2D eigenvalue weighted by Crippen LogP contribution is 2.29. The van der Waals surface area contributed by atoms with Crippen LogP contribution in [0, 0.1) is 0 Å². The van der Waals surface area contributed by atoms with Gasteiger partial charge in [-0.2, -0.15) is 0 Å². The van der Waals surface area contributed by atoms with Gasteiger partial charge in [0.25, 0.3) is 0 Å². The van der Waals surface area contributed by atoms with E-state index in [1.807, 2.05) is 4.90 Å². The van der Waals surface area contributed by atoms with Crippen molar-refractivity contribution in [3.8, 4) is 0 Å². The van der Waals surface area contributed by atoms with E-state index >= 15 is 0 Å². The highest BCUT2D eigenvalue weighted by molar-refractivity contribution is 7.92. The molecule has 0 aromatic heterocycles. The molecule has 3 N–H and O–H groups in total. The first-order valence-corrected chi connectivity index (χ1v) is 4.37. The van der Waals surface area contributed by atoms with Crippen LogP contribution in [-0.2, 0) is 9.84 Å². The van der Waals surface area contributed by atoms with Gasteiger partial charge in [-0.3, -0.25) is 4.90 Å². The standard InChI is InChI=1S/C4H7NO2S.H3N/c6-8(7)2-1-5-3-4(5)8;/h4H,1-3H2;1H3. The second-order valence-electron chi connectivity index (χ2n) is 2.32. The molecule has 2 atom stereocenters. The zero-order chi connectivity index (χ0) is 5.78. The van der Waals surface area contributed by atoms with Crippen molar-refractivity contribution in [2.45, 2.75) is 5.37 Å². The molecule has 4 nitrogen and oxygen atoms in total. The van der Waals surface area contributed by atoms with E-state index in [1.165, 1.54) is 0 Å².